The van der Waals surface area contributed by atoms with E-state index in [1.807, 2.05) is 18.2 Å². The fourth-order valence-electron chi connectivity index (χ4n) is 2.11. The molecule has 0 aromatic carbocycles. The monoisotopic (exact) mass is 362 g/mol. The van der Waals surface area contributed by atoms with Crippen molar-refractivity contribution in [1.82, 2.24) is 0 Å². The van der Waals surface area contributed by atoms with Gasteiger partial charge in [-0.05, 0) is 32.1 Å². The fourth-order valence-corrected chi connectivity index (χ4v) is 2.11. The van der Waals surface area contributed by atoms with Gasteiger partial charge in [0.05, 0.1) is 12.2 Å². The first-order chi connectivity index (χ1) is 12.6. The third kappa shape index (κ3) is 16.9. The second-order valence-corrected chi connectivity index (χ2v) is 6.10. The van der Waals surface area contributed by atoms with Crippen molar-refractivity contribution in [3.63, 3.8) is 0 Å². The van der Waals surface area contributed by atoms with Crippen LogP contribution < -0.4 is 0 Å². The molecule has 0 heterocycles. The summed E-state index contributed by atoms with van der Waals surface area (Å²) < 4.78 is 0. The lowest BCUT2D eigenvalue weighted by molar-refractivity contribution is -0.137. The summed E-state index contributed by atoms with van der Waals surface area (Å²) in [6.45, 7) is 2.21. The van der Waals surface area contributed by atoms with Crippen molar-refractivity contribution in [3.05, 3.63) is 60.8 Å². The molecule has 0 aliphatic heterocycles. The highest BCUT2D eigenvalue weighted by Crippen LogP contribution is 2.04. The number of aliphatic hydroxyl groups excluding tert-OH is 2. The number of aliphatic hydroxyl groups is 2. The molecule has 0 rings (SSSR count). The molecule has 0 radical (unpaired) electrons. The molecule has 2 unspecified atom stereocenters. The van der Waals surface area contributed by atoms with E-state index < -0.39 is 18.2 Å². The van der Waals surface area contributed by atoms with Gasteiger partial charge in [-0.2, -0.15) is 0 Å². The Morgan fingerprint density at radius 1 is 0.885 bits per heavy atom. The van der Waals surface area contributed by atoms with Gasteiger partial charge < -0.3 is 15.3 Å². The van der Waals surface area contributed by atoms with E-state index in [4.69, 9.17) is 5.11 Å². The molecular weight excluding hydrogens is 328 g/mol. The van der Waals surface area contributed by atoms with E-state index in [0.717, 1.165) is 12.8 Å². The van der Waals surface area contributed by atoms with E-state index in [-0.39, 0.29) is 12.8 Å². The number of hydrogen-bond donors (Lipinski definition) is 3. The van der Waals surface area contributed by atoms with Gasteiger partial charge in [0.2, 0.25) is 0 Å². The van der Waals surface area contributed by atoms with E-state index in [2.05, 4.69) is 31.2 Å². The Bertz CT molecular complexity index is 486. The average molecular weight is 363 g/mol. The van der Waals surface area contributed by atoms with E-state index in [9.17, 15) is 15.0 Å². The van der Waals surface area contributed by atoms with Gasteiger partial charge in [-0.3, -0.25) is 4.79 Å². The van der Waals surface area contributed by atoms with Crippen molar-refractivity contribution in [2.24, 2.45) is 0 Å². The van der Waals surface area contributed by atoms with Crippen molar-refractivity contribution in [1.29, 1.82) is 0 Å². The highest BCUT2D eigenvalue weighted by Gasteiger charge is 2.13. The van der Waals surface area contributed by atoms with Gasteiger partial charge in [-0.25, -0.2) is 0 Å². The molecule has 0 saturated heterocycles. The number of unbranched alkanes of at least 4 members (excludes halogenated alkanes) is 3. The first kappa shape index (κ1) is 24.1. The number of carbonyl (C=O) groups is 1. The Balaban J connectivity index is 3.80. The van der Waals surface area contributed by atoms with Crippen LogP contribution in [-0.2, 0) is 4.79 Å². The first-order valence-electron chi connectivity index (χ1n) is 9.45. The van der Waals surface area contributed by atoms with Crippen LogP contribution >= 0.6 is 0 Å². The van der Waals surface area contributed by atoms with Crippen LogP contribution in [0.2, 0.25) is 0 Å². The van der Waals surface area contributed by atoms with Crippen molar-refractivity contribution in [2.75, 3.05) is 0 Å². The number of carboxylic acids is 1. The number of allylic oxidation sites excluding steroid dienone is 9. The van der Waals surface area contributed by atoms with Crippen LogP contribution in [0.4, 0.5) is 0 Å². The minimum absolute atomic E-state index is 0.0325. The van der Waals surface area contributed by atoms with Gasteiger partial charge >= 0.3 is 5.97 Å². The van der Waals surface area contributed by atoms with Crippen LogP contribution in [0.5, 0.6) is 0 Å². The fraction of sp³-hybridized carbons (Fsp3) is 0.500. The predicted octanol–water partition coefficient (Wildman–Crippen LogP) is 4.71. The molecule has 26 heavy (non-hydrogen) atoms. The lowest BCUT2D eigenvalue weighted by atomic mass is 10.1. The molecule has 146 valence electrons. The summed E-state index contributed by atoms with van der Waals surface area (Å²) in [6.07, 6.45) is 24.0. The number of hydrogen-bond acceptors (Lipinski definition) is 3. The van der Waals surface area contributed by atoms with Crippen molar-refractivity contribution in [3.8, 4) is 0 Å². The Morgan fingerprint density at radius 2 is 1.54 bits per heavy atom. The van der Waals surface area contributed by atoms with Crippen molar-refractivity contribution >= 4 is 5.97 Å². The van der Waals surface area contributed by atoms with Gasteiger partial charge in [0.25, 0.3) is 0 Å². The zero-order chi connectivity index (χ0) is 19.5. The lowest BCUT2D eigenvalue weighted by Gasteiger charge is -2.12. The average Bonchev–Trinajstić information content (AvgIpc) is 2.62. The highest BCUT2D eigenvalue weighted by atomic mass is 16.4. The minimum atomic E-state index is -1.06. The molecule has 0 aliphatic carbocycles. The van der Waals surface area contributed by atoms with E-state index in [1.165, 1.54) is 31.8 Å². The van der Waals surface area contributed by atoms with Gasteiger partial charge in [0.15, 0.2) is 0 Å². The van der Waals surface area contributed by atoms with Crippen LogP contribution in [0, 0.1) is 0 Å². The summed E-state index contributed by atoms with van der Waals surface area (Å²) in [7, 11) is 0. The summed E-state index contributed by atoms with van der Waals surface area (Å²) in [5.74, 6) is -0.984. The van der Waals surface area contributed by atoms with Crippen LogP contribution in [-0.4, -0.2) is 33.5 Å². The molecular formula is C22H34O4. The highest BCUT2D eigenvalue weighted by molar-refractivity contribution is 5.66. The molecule has 0 spiro atoms. The molecule has 4 heteroatoms. The molecule has 2 atom stereocenters. The Hall–Kier alpha value is -1.91. The summed E-state index contributed by atoms with van der Waals surface area (Å²) in [5.41, 5.74) is 0. The molecule has 4 nitrogen and oxygen atoms in total. The van der Waals surface area contributed by atoms with E-state index in [1.54, 1.807) is 12.2 Å². The molecule has 0 fully saturated rings. The molecule has 0 bridgehead atoms. The second kappa shape index (κ2) is 17.9. The molecule has 0 amide bonds. The molecule has 0 aromatic heterocycles. The zero-order valence-corrected chi connectivity index (χ0v) is 15.8. The molecule has 0 aliphatic rings. The molecule has 0 saturated carbocycles. The standard InChI is InChI=1S/C22H34O4/c1-2-3-4-5-6-7-8-9-10-11-12-13-14-15-16-17-20(23)21(24)18-19-22(25)26/h6-7,9-10,12-17,20-21,23-24H,2-5,8,11,18-19H2,1H3,(H,25,26). The molecule has 0 aromatic rings. The first-order valence-corrected chi connectivity index (χ1v) is 9.45. The van der Waals surface area contributed by atoms with Crippen molar-refractivity contribution in [2.45, 2.75) is 70.5 Å². The summed E-state index contributed by atoms with van der Waals surface area (Å²) in [5, 5.41) is 27.7. The van der Waals surface area contributed by atoms with E-state index >= 15 is 0 Å². The Morgan fingerprint density at radius 3 is 2.23 bits per heavy atom. The second-order valence-electron chi connectivity index (χ2n) is 6.10. The summed E-state index contributed by atoms with van der Waals surface area (Å²) >= 11 is 0. The van der Waals surface area contributed by atoms with Crippen molar-refractivity contribution < 1.29 is 20.1 Å². The quantitative estimate of drug-likeness (QED) is 0.224. The smallest absolute Gasteiger partial charge is 0.303 e. The van der Waals surface area contributed by atoms with Crippen LogP contribution in [0.1, 0.15) is 58.3 Å². The Kier molecular flexibility index (Phi) is 16.6. The SMILES string of the molecule is CCCCCC=CCC=CCC=CC=CC=CC(O)C(O)CCC(=O)O. The van der Waals surface area contributed by atoms with Gasteiger partial charge in [-0.15, -0.1) is 0 Å². The normalized spacial score (nSPS) is 15.2. The van der Waals surface area contributed by atoms with Gasteiger partial charge in [-0.1, -0.05) is 80.5 Å². The largest absolute Gasteiger partial charge is 0.481 e. The number of aliphatic carboxylic acids is 1. The summed E-state index contributed by atoms with van der Waals surface area (Å²) in [6, 6.07) is 0. The predicted molar refractivity (Wildman–Crippen MR) is 108 cm³/mol. The van der Waals surface area contributed by atoms with Crippen LogP contribution in [0.25, 0.3) is 0 Å². The zero-order valence-electron chi connectivity index (χ0n) is 15.8. The van der Waals surface area contributed by atoms with Crippen LogP contribution in [0.15, 0.2) is 60.8 Å². The Labute approximate surface area is 157 Å². The maximum atomic E-state index is 10.4. The number of rotatable bonds is 15. The van der Waals surface area contributed by atoms with Gasteiger partial charge in [0.1, 0.15) is 0 Å². The maximum Gasteiger partial charge on any atom is 0.303 e. The third-order valence-electron chi connectivity index (χ3n) is 3.68. The minimum Gasteiger partial charge on any atom is -0.481 e. The maximum absolute atomic E-state index is 10.4. The van der Waals surface area contributed by atoms with E-state index in [0.29, 0.717) is 0 Å². The van der Waals surface area contributed by atoms with Crippen LogP contribution in [0.3, 0.4) is 0 Å². The number of carboxylic acid groups (broad SMARTS) is 1. The topological polar surface area (TPSA) is 77.8 Å². The lowest BCUT2D eigenvalue weighted by Crippen LogP contribution is -2.24. The summed E-state index contributed by atoms with van der Waals surface area (Å²) in [4.78, 5) is 10.4. The van der Waals surface area contributed by atoms with Gasteiger partial charge in [0, 0.05) is 6.42 Å². The third-order valence-corrected chi connectivity index (χ3v) is 3.68. The molecule has 3 N–H and O–H groups in total.